The fourth-order valence-corrected chi connectivity index (χ4v) is 3.83. The number of thioether (sulfide) groups is 2. The molecule has 0 aromatic carbocycles. The number of rotatable bonds is 5. The highest BCUT2D eigenvalue weighted by atomic mass is 32.2. The van der Waals surface area contributed by atoms with E-state index in [-0.39, 0.29) is 5.60 Å². The van der Waals surface area contributed by atoms with Crippen molar-refractivity contribution in [1.29, 1.82) is 0 Å². The molecular formula is C13H21N3OS2. The van der Waals surface area contributed by atoms with Gasteiger partial charge in [0, 0.05) is 25.4 Å². The van der Waals surface area contributed by atoms with E-state index in [4.69, 9.17) is 4.74 Å². The third-order valence-corrected chi connectivity index (χ3v) is 4.98. The van der Waals surface area contributed by atoms with Gasteiger partial charge in [-0.25, -0.2) is 9.97 Å². The van der Waals surface area contributed by atoms with Gasteiger partial charge in [0.2, 0.25) is 0 Å². The molecule has 1 aromatic heterocycles. The highest BCUT2D eigenvalue weighted by Gasteiger charge is 2.32. The topological polar surface area (TPSA) is 47.0 Å². The van der Waals surface area contributed by atoms with Crippen LogP contribution in [0.1, 0.15) is 18.5 Å². The van der Waals surface area contributed by atoms with E-state index in [2.05, 4.69) is 15.3 Å². The van der Waals surface area contributed by atoms with Gasteiger partial charge in [0.1, 0.15) is 5.82 Å². The lowest BCUT2D eigenvalue weighted by Gasteiger charge is -2.36. The molecule has 4 nitrogen and oxygen atoms in total. The van der Waals surface area contributed by atoms with E-state index < -0.39 is 0 Å². The van der Waals surface area contributed by atoms with Crippen molar-refractivity contribution in [1.82, 2.24) is 9.97 Å². The maximum atomic E-state index is 5.76. The van der Waals surface area contributed by atoms with Crippen LogP contribution in [0.25, 0.3) is 0 Å². The number of methoxy groups -OCH3 is 1. The largest absolute Gasteiger partial charge is 0.376 e. The minimum atomic E-state index is -0.0381. The van der Waals surface area contributed by atoms with E-state index in [0.717, 1.165) is 36.1 Å². The number of hydrogen-bond acceptors (Lipinski definition) is 6. The smallest absolute Gasteiger partial charge is 0.189 e. The average molecular weight is 299 g/mol. The van der Waals surface area contributed by atoms with Crippen molar-refractivity contribution in [2.75, 3.05) is 36.7 Å². The van der Waals surface area contributed by atoms with Crippen molar-refractivity contribution in [3.8, 4) is 0 Å². The van der Waals surface area contributed by atoms with Crippen LogP contribution in [0.15, 0.2) is 11.2 Å². The molecule has 1 fully saturated rings. The van der Waals surface area contributed by atoms with Crippen molar-refractivity contribution in [2.45, 2.75) is 30.5 Å². The average Bonchev–Trinajstić information content (AvgIpc) is 2.45. The lowest BCUT2D eigenvalue weighted by molar-refractivity contribution is -0.00555. The molecule has 1 aliphatic rings. The van der Waals surface area contributed by atoms with Gasteiger partial charge in [-0.15, -0.1) is 0 Å². The summed E-state index contributed by atoms with van der Waals surface area (Å²) in [6.07, 6.45) is 4.19. The van der Waals surface area contributed by atoms with Crippen LogP contribution in [0.4, 0.5) is 5.82 Å². The summed E-state index contributed by atoms with van der Waals surface area (Å²) in [6.45, 7) is 2.81. The van der Waals surface area contributed by atoms with Crippen LogP contribution in [-0.2, 0) is 4.74 Å². The number of aryl methyl sites for hydroxylation is 1. The molecule has 1 saturated heterocycles. The molecule has 0 spiro atoms. The molecule has 106 valence electrons. The first kappa shape index (κ1) is 14.9. The summed E-state index contributed by atoms with van der Waals surface area (Å²) in [6, 6.07) is 1.99. The van der Waals surface area contributed by atoms with Gasteiger partial charge in [-0.05, 0) is 37.5 Å². The summed E-state index contributed by atoms with van der Waals surface area (Å²) in [4.78, 5) is 8.84. The number of nitrogens with zero attached hydrogens (tertiary/aromatic N) is 2. The van der Waals surface area contributed by atoms with Crippen LogP contribution < -0.4 is 5.32 Å². The van der Waals surface area contributed by atoms with Crippen molar-refractivity contribution in [3.63, 3.8) is 0 Å². The van der Waals surface area contributed by atoms with E-state index in [1.165, 1.54) is 11.5 Å². The van der Waals surface area contributed by atoms with Gasteiger partial charge in [-0.1, -0.05) is 11.8 Å². The second kappa shape index (κ2) is 6.81. The fraction of sp³-hybridized carbons (Fsp3) is 0.692. The Morgan fingerprint density at radius 2 is 2.16 bits per heavy atom. The Bertz CT molecular complexity index is 422. The zero-order valence-electron chi connectivity index (χ0n) is 11.7. The molecule has 1 aromatic rings. The van der Waals surface area contributed by atoms with Crippen molar-refractivity contribution in [2.24, 2.45) is 0 Å². The van der Waals surface area contributed by atoms with Crippen LogP contribution >= 0.6 is 23.5 Å². The van der Waals surface area contributed by atoms with Gasteiger partial charge < -0.3 is 10.1 Å². The molecule has 0 amide bonds. The molecule has 6 heteroatoms. The first-order valence-electron chi connectivity index (χ1n) is 6.44. The van der Waals surface area contributed by atoms with Gasteiger partial charge in [-0.3, -0.25) is 0 Å². The van der Waals surface area contributed by atoms with Gasteiger partial charge in [0.25, 0.3) is 0 Å². The summed E-state index contributed by atoms with van der Waals surface area (Å²) < 4.78 is 5.76. The maximum absolute atomic E-state index is 5.76. The zero-order valence-corrected chi connectivity index (χ0v) is 13.4. The minimum Gasteiger partial charge on any atom is -0.376 e. The van der Waals surface area contributed by atoms with Crippen LogP contribution in [0.3, 0.4) is 0 Å². The fourth-order valence-electron chi connectivity index (χ4n) is 2.17. The summed E-state index contributed by atoms with van der Waals surface area (Å²) in [5.41, 5.74) is 0.955. The lowest BCUT2D eigenvalue weighted by Crippen LogP contribution is -2.42. The highest BCUT2D eigenvalue weighted by molar-refractivity contribution is 7.99. The van der Waals surface area contributed by atoms with Crippen molar-refractivity contribution >= 4 is 29.3 Å². The molecule has 2 rings (SSSR count). The van der Waals surface area contributed by atoms with Crippen molar-refractivity contribution < 1.29 is 4.74 Å². The Morgan fingerprint density at radius 1 is 1.42 bits per heavy atom. The van der Waals surface area contributed by atoms with Gasteiger partial charge in [-0.2, -0.15) is 11.8 Å². The quantitative estimate of drug-likeness (QED) is 0.666. The summed E-state index contributed by atoms with van der Waals surface area (Å²) >= 11 is 3.57. The number of aromatic nitrogens is 2. The number of anilines is 1. The third kappa shape index (κ3) is 4.00. The van der Waals surface area contributed by atoms with Gasteiger partial charge in [0.05, 0.1) is 5.60 Å². The normalized spacial score (nSPS) is 18.3. The van der Waals surface area contributed by atoms with E-state index in [1.54, 1.807) is 11.8 Å². The van der Waals surface area contributed by atoms with E-state index in [1.807, 2.05) is 38.1 Å². The first-order valence-corrected chi connectivity index (χ1v) is 8.82. The molecule has 0 aliphatic carbocycles. The number of nitrogens with one attached hydrogen (secondary N) is 1. The Morgan fingerprint density at radius 3 is 2.79 bits per heavy atom. The third-order valence-electron chi connectivity index (χ3n) is 3.44. The van der Waals surface area contributed by atoms with Gasteiger partial charge >= 0.3 is 0 Å². The molecule has 2 heterocycles. The second-order valence-electron chi connectivity index (χ2n) is 4.73. The molecule has 0 unspecified atom stereocenters. The lowest BCUT2D eigenvalue weighted by atomic mass is 9.96. The molecular weight excluding hydrogens is 278 g/mol. The zero-order chi connectivity index (χ0) is 13.7. The number of ether oxygens (including phenoxy) is 1. The number of hydrogen-bond donors (Lipinski definition) is 1. The Labute approximate surface area is 123 Å². The molecule has 19 heavy (non-hydrogen) atoms. The predicted molar refractivity (Wildman–Crippen MR) is 83.3 cm³/mol. The maximum Gasteiger partial charge on any atom is 0.189 e. The summed E-state index contributed by atoms with van der Waals surface area (Å²) in [7, 11) is 1.82. The molecule has 0 saturated carbocycles. The Balaban J connectivity index is 2.02. The Kier molecular flexibility index (Phi) is 5.36. The highest BCUT2D eigenvalue weighted by Crippen LogP contribution is 2.30. The second-order valence-corrected chi connectivity index (χ2v) is 6.73. The predicted octanol–water partition coefficient (Wildman–Crippen LogP) is 2.83. The standard InChI is InChI=1S/C13H21N3OS2/c1-10-8-11(16-12(15-10)18-3)14-9-13(17-2)4-6-19-7-5-13/h8H,4-7,9H2,1-3H3,(H,14,15,16). The molecule has 0 bridgehead atoms. The van der Waals surface area contributed by atoms with E-state index >= 15 is 0 Å². The minimum absolute atomic E-state index is 0.0381. The molecule has 1 aliphatic heterocycles. The SMILES string of the molecule is COC1(CNc2cc(C)nc(SC)n2)CCSCC1. The first-order chi connectivity index (χ1) is 9.17. The van der Waals surface area contributed by atoms with Crippen LogP contribution in [0.2, 0.25) is 0 Å². The van der Waals surface area contributed by atoms with Crippen LogP contribution in [0.5, 0.6) is 0 Å². The monoisotopic (exact) mass is 299 g/mol. The van der Waals surface area contributed by atoms with Crippen LogP contribution in [0, 0.1) is 6.92 Å². The molecule has 0 atom stereocenters. The van der Waals surface area contributed by atoms with Crippen LogP contribution in [-0.4, -0.2) is 47.0 Å². The van der Waals surface area contributed by atoms with E-state index in [9.17, 15) is 0 Å². The Hall–Kier alpha value is -0.460. The van der Waals surface area contributed by atoms with Gasteiger partial charge in [0.15, 0.2) is 5.16 Å². The van der Waals surface area contributed by atoms with Crippen molar-refractivity contribution in [3.05, 3.63) is 11.8 Å². The van der Waals surface area contributed by atoms with E-state index in [0.29, 0.717) is 0 Å². The molecule has 1 N–H and O–H groups in total. The summed E-state index contributed by atoms with van der Waals surface area (Å²) in [5, 5.41) is 4.24. The summed E-state index contributed by atoms with van der Waals surface area (Å²) in [5.74, 6) is 3.24. The molecule has 0 radical (unpaired) electrons.